The van der Waals surface area contributed by atoms with Crippen LogP contribution in [0.15, 0.2) is 0 Å². The van der Waals surface area contributed by atoms with Crippen molar-refractivity contribution in [1.82, 2.24) is 0 Å². The van der Waals surface area contributed by atoms with Crippen LogP contribution in [0.2, 0.25) is 0 Å². The fourth-order valence-electron chi connectivity index (χ4n) is 2.69. The second-order valence-electron chi connectivity index (χ2n) is 11.2. The van der Waals surface area contributed by atoms with E-state index in [1.807, 2.05) is 41.5 Å². The maximum absolute atomic E-state index is 11.3. The van der Waals surface area contributed by atoms with Gasteiger partial charge >= 0.3 is 11.9 Å². The van der Waals surface area contributed by atoms with Crippen molar-refractivity contribution in [1.29, 1.82) is 0 Å². The number of unbranched alkanes of at least 4 members (excludes halogenated alkanes) is 3. The molecule has 0 aromatic heterocycles. The third-order valence-corrected chi connectivity index (χ3v) is 4.46. The first-order valence-electron chi connectivity index (χ1n) is 11.3. The molecule has 0 aliphatic heterocycles. The topological polar surface area (TPSA) is 82.1 Å². The van der Waals surface area contributed by atoms with Crippen molar-refractivity contribution in [3.8, 4) is 0 Å². The Hall–Kier alpha value is -1.14. The molecule has 0 aromatic rings. The highest BCUT2D eigenvalue weighted by atomic mass is 17.2. The van der Waals surface area contributed by atoms with Crippen LogP contribution in [0.4, 0.5) is 0 Å². The summed E-state index contributed by atoms with van der Waals surface area (Å²) in [5.74, 6) is -0.992. The van der Waals surface area contributed by atoms with Crippen LogP contribution in [0.1, 0.15) is 121 Å². The van der Waals surface area contributed by atoms with Crippen LogP contribution in [0.5, 0.6) is 0 Å². The first-order chi connectivity index (χ1) is 13.5. The van der Waals surface area contributed by atoms with E-state index < -0.39 is 11.6 Å². The Morgan fingerprint density at radius 1 is 0.867 bits per heavy atom. The van der Waals surface area contributed by atoms with Crippen molar-refractivity contribution < 1.29 is 29.5 Å². The largest absolute Gasteiger partial charge is 0.345 e. The van der Waals surface area contributed by atoms with Gasteiger partial charge in [0, 0.05) is 6.42 Å². The van der Waals surface area contributed by atoms with Crippen LogP contribution >= 0.6 is 0 Å². The van der Waals surface area contributed by atoms with Gasteiger partial charge in [-0.15, -0.1) is 0 Å². The first-order valence-corrected chi connectivity index (χ1v) is 11.3. The van der Waals surface area contributed by atoms with E-state index in [0.29, 0.717) is 11.8 Å². The van der Waals surface area contributed by atoms with Gasteiger partial charge in [-0.05, 0) is 50.9 Å². The van der Waals surface area contributed by atoms with E-state index in [2.05, 4.69) is 32.6 Å². The standard InChI is InChI=1S/C14H28O3.C10H20O3/c1-13(2,3)11-9-7-8-10-12(15)16-17-14(4,5)6;1-5-6-7-8(9(11)13-12)10(2,3)4/h7-11H2,1-6H3;8,12H,5-7H2,1-4H3. The SMILES string of the molecule is CC(C)(C)CCCCCC(=O)OOC(C)(C)C.CCCCC(C(=O)OO)C(C)(C)C. The summed E-state index contributed by atoms with van der Waals surface area (Å²) in [4.78, 5) is 36.0. The fourth-order valence-corrected chi connectivity index (χ4v) is 2.69. The highest BCUT2D eigenvalue weighted by molar-refractivity contribution is 5.72. The molecule has 30 heavy (non-hydrogen) atoms. The minimum absolute atomic E-state index is 0.144. The highest BCUT2D eigenvalue weighted by Crippen LogP contribution is 2.31. The minimum Gasteiger partial charge on any atom is -0.301 e. The second-order valence-corrected chi connectivity index (χ2v) is 11.2. The molecule has 0 saturated heterocycles. The molecule has 0 radical (unpaired) electrons. The van der Waals surface area contributed by atoms with Gasteiger partial charge in [-0.25, -0.2) is 9.59 Å². The van der Waals surface area contributed by atoms with Crippen molar-refractivity contribution in [2.45, 2.75) is 126 Å². The molecular formula is C24H48O6. The van der Waals surface area contributed by atoms with E-state index in [1.54, 1.807) is 0 Å². The molecule has 1 atom stereocenters. The highest BCUT2D eigenvalue weighted by Gasteiger charge is 2.32. The Labute approximate surface area is 184 Å². The third-order valence-electron chi connectivity index (χ3n) is 4.46. The lowest BCUT2D eigenvalue weighted by Gasteiger charge is -2.27. The lowest BCUT2D eigenvalue weighted by Crippen LogP contribution is -2.29. The summed E-state index contributed by atoms with van der Waals surface area (Å²) in [6.45, 7) is 20.3. The van der Waals surface area contributed by atoms with E-state index in [0.717, 1.165) is 38.5 Å². The van der Waals surface area contributed by atoms with Gasteiger partial charge in [0.15, 0.2) is 0 Å². The normalized spacial score (nSPS) is 13.2. The summed E-state index contributed by atoms with van der Waals surface area (Å²) >= 11 is 0. The van der Waals surface area contributed by atoms with Crippen molar-refractivity contribution in [2.24, 2.45) is 16.7 Å². The second kappa shape index (κ2) is 14.8. The van der Waals surface area contributed by atoms with Crippen LogP contribution in [-0.4, -0.2) is 22.8 Å². The van der Waals surface area contributed by atoms with E-state index in [1.165, 1.54) is 6.42 Å². The molecule has 1 N–H and O–H groups in total. The minimum atomic E-state index is -0.513. The maximum atomic E-state index is 11.3. The molecule has 0 spiro atoms. The van der Waals surface area contributed by atoms with Crippen LogP contribution in [-0.2, 0) is 24.3 Å². The van der Waals surface area contributed by atoms with E-state index in [9.17, 15) is 9.59 Å². The molecule has 6 heteroatoms. The van der Waals surface area contributed by atoms with Crippen molar-refractivity contribution in [2.75, 3.05) is 0 Å². The average molecular weight is 433 g/mol. The number of carbonyl (C=O) groups excluding carboxylic acids is 2. The van der Waals surface area contributed by atoms with E-state index in [-0.39, 0.29) is 17.3 Å². The molecule has 6 nitrogen and oxygen atoms in total. The van der Waals surface area contributed by atoms with Gasteiger partial charge in [-0.3, -0.25) is 4.89 Å². The Balaban J connectivity index is 0. The van der Waals surface area contributed by atoms with Crippen LogP contribution in [0.25, 0.3) is 0 Å². The van der Waals surface area contributed by atoms with Crippen molar-refractivity contribution in [3.05, 3.63) is 0 Å². The summed E-state index contributed by atoms with van der Waals surface area (Å²) in [5.41, 5.74) is -0.188. The Morgan fingerprint density at radius 3 is 1.83 bits per heavy atom. The van der Waals surface area contributed by atoms with Crippen molar-refractivity contribution >= 4 is 11.9 Å². The predicted molar refractivity (Wildman–Crippen MR) is 121 cm³/mol. The van der Waals surface area contributed by atoms with E-state index in [4.69, 9.17) is 15.0 Å². The zero-order chi connectivity index (χ0) is 24.0. The van der Waals surface area contributed by atoms with Crippen molar-refractivity contribution in [3.63, 3.8) is 0 Å². The molecule has 1 unspecified atom stereocenters. The molecule has 0 rings (SSSR count). The zero-order valence-corrected chi connectivity index (χ0v) is 21.2. The molecule has 0 aliphatic rings. The van der Waals surface area contributed by atoms with Crippen LogP contribution in [0, 0.1) is 16.7 Å². The molecule has 180 valence electrons. The Bertz CT molecular complexity index is 466. The summed E-state index contributed by atoms with van der Waals surface area (Å²) in [6, 6.07) is 0. The first kappa shape index (κ1) is 31.0. The van der Waals surface area contributed by atoms with E-state index >= 15 is 0 Å². The summed E-state index contributed by atoms with van der Waals surface area (Å²) in [5, 5.41) is 8.32. The third kappa shape index (κ3) is 20.1. The fraction of sp³-hybridized carbons (Fsp3) is 0.917. The maximum Gasteiger partial charge on any atom is 0.345 e. The zero-order valence-electron chi connectivity index (χ0n) is 21.2. The van der Waals surface area contributed by atoms with Gasteiger partial charge in [-0.1, -0.05) is 74.1 Å². The van der Waals surface area contributed by atoms with Gasteiger partial charge < -0.3 is 4.89 Å². The Kier molecular flexibility index (Phi) is 15.3. The van der Waals surface area contributed by atoms with Gasteiger partial charge in [0.1, 0.15) is 5.60 Å². The Morgan fingerprint density at radius 2 is 1.43 bits per heavy atom. The number of carbonyl (C=O) groups is 2. The van der Waals surface area contributed by atoms with Gasteiger partial charge in [0.25, 0.3) is 0 Å². The average Bonchev–Trinajstić information content (AvgIpc) is 2.57. The number of hydrogen-bond donors (Lipinski definition) is 1. The molecule has 0 aliphatic carbocycles. The van der Waals surface area contributed by atoms with Crippen LogP contribution in [0.3, 0.4) is 0 Å². The number of hydrogen-bond acceptors (Lipinski definition) is 6. The summed E-state index contributed by atoms with van der Waals surface area (Å²) < 4.78 is 0. The van der Waals surface area contributed by atoms with Crippen LogP contribution < -0.4 is 0 Å². The molecule has 0 bridgehead atoms. The monoisotopic (exact) mass is 432 g/mol. The molecule has 0 saturated carbocycles. The lowest BCUT2D eigenvalue weighted by atomic mass is 9.78. The summed E-state index contributed by atoms with van der Waals surface area (Å²) in [7, 11) is 0. The molecule has 0 fully saturated rings. The summed E-state index contributed by atoms with van der Waals surface area (Å²) in [6.07, 6.45) is 7.56. The van der Waals surface area contributed by atoms with Gasteiger partial charge in [0.05, 0.1) is 5.92 Å². The quantitative estimate of drug-likeness (QED) is 0.225. The number of rotatable bonds is 10. The molecule has 0 aromatic carbocycles. The lowest BCUT2D eigenvalue weighted by molar-refractivity contribution is -0.320. The smallest absolute Gasteiger partial charge is 0.301 e. The van der Waals surface area contributed by atoms with Gasteiger partial charge in [0.2, 0.25) is 0 Å². The molecule has 0 amide bonds. The predicted octanol–water partition coefficient (Wildman–Crippen LogP) is 7.11. The molecular weight excluding hydrogens is 384 g/mol. The van der Waals surface area contributed by atoms with Gasteiger partial charge in [-0.2, -0.15) is 10.1 Å². The molecule has 0 heterocycles.